The number of ether oxygens (including phenoxy) is 1. The van der Waals surface area contributed by atoms with Gasteiger partial charge in [-0.3, -0.25) is 9.59 Å². The van der Waals surface area contributed by atoms with Crippen molar-refractivity contribution in [2.24, 2.45) is 0 Å². The summed E-state index contributed by atoms with van der Waals surface area (Å²) in [5.74, 6) is -0.690. The summed E-state index contributed by atoms with van der Waals surface area (Å²) in [5.41, 5.74) is 1.64. The van der Waals surface area contributed by atoms with Gasteiger partial charge in [0.25, 0.3) is 11.7 Å². The SMILES string of the molecule is CCCN1C(=O)C(=O)/C(=C(\O)c2ccc(OC)cc2)C1c1sccc1C. The van der Waals surface area contributed by atoms with Crippen molar-refractivity contribution in [2.75, 3.05) is 13.7 Å². The summed E-state index contributed by atoms with van der Waals surface area (Å²) in [5, 5.41) is 12.8. The van der Waals surface area contributed by atoms with Crippen LogP contribution in [0.4, 0.5) is 0 Å². The molecule has 0 aliphatic carbocycles. The summed E-state index contributed by atoms with van der Waals surface area (Å²) in [7, 11) is 1.56. The summed E-state index contributed by atoms with van der Waals surface area (Å²) < 4.78 is 5.13. The fourth-order valence-corrected chi connectivity index (χ4v) is 4.24. The van der Waals surface area contributed by atoms with Gasteiger partial charge < -0.3 is 14.7 Å². The summed E-state index contributed by atoms with van der Waals surface area (Å²) in [6, 6.07) is 8.20. The van der Waals surface area contributed by atoms with Gasteiger partial charge in [0, 0.05) is 17.0 Å². The maximum absolute atomic E-state index is 12.7. The first kappa shape index (κ1) is 18.2. The Morgan fingerprint density at radius 3 is 2.46 bits per heavy atom. The summed E-state index contributed by atoms with van der Waals surface area (Å²) in [6.07, 6.45) is 0.733. The molecule has 1 aliphatic heterocycles. The van der Waals surface area contributed by atoms with Crippen LogP contribution in [0.5, 0.6) is 5.75 Å². The number of carbonyl (C=O) groups is 2. The van der Waals surface area contributed by atoms with Gasteiger partial charge in [-0.1, -0.05) is 6.92 Å². The molecule has 1 atom stereocenters. The summed E-state index contributed by atoms with van der Waals surface area (Å²) in [6.45, 7) is 4.37. The minimum atomic E-state index is -0.635. The molecule has 0 bridgehead atoms. The molecule has 1 aromatic carbocycles. The van der Waals surface area contributed by atoms with Crippen molar-refractivity contribution in [1.29, 1.82) is 0 Å². The predicted molar refractivity (Wildman–Crippen MR) is 101 cm³/mol. The van der Waals surface area contributed by atoms with E-state index in [2.05, 4.69) is 0 Å². The van der Waals surface area contributed by atoms with E-state index in [0.717, 1.165) is 16.9 Å². The lowest BCUT2D eigenvalue weighted by atomic mass is 9.98. The van der Waals surface area contributed by atoms with Crippen LogP contribution < -0.4 is 4.74 Å². The molecule has 5 nitrogen and oxygen atoms in total. The van der Waals surface area contributed by atoms with E-state index < -0.39 is 17.7 Å². The molecular weight excluding hydrogens is 350 g/mol. The molecule has 1 saturated heterocycles. The van der Waals surface area contributed by atoms with Crippen molar-refractivity contribution in [3.05, 3.63) is 57.3 Å². The second kappa shape index (κ2) is 7.33. The Morgan fingerprint density at radius 1 is 1.23 bits per heavy atom. The molecule has 0 saturated carbocycles. The molecular formula is C20H21NO4S. The number of methoxy groups -OCH3 is 1. The smallest absolute Gasteiger partial charge is 0.295 e. The Balaban J connectivity index is 2.16. The van der Waals surface area contributed by atoms with Crippen molar-refractivity contribution < 1.29 is 19.4 Å². The molecule has 0 radical (unpaired) electrons. The van der Waals surface area contributed by atoms with E-state index in [-0.39, 0.29) is 11.3 Å². The molecule has 3 rings (SSSR count). The third kappa shape index (κ3) is 3.01. The van der Waals surface area contributed by atoms with Crippen molar-refractivity contribution in [2.45, 2.75) is 26.3 Å². The molecule has 26 heavy (non-hydrogen) atoms. The lowest BCUT2D eigenvalue weighted by Crippen LogP contribution is -2.30. The molecule has 6 heteroatoms. The Labute approximate surface area is 156 Å². The average Bonchev–Trinajstić information content (AvgIpc) is 3.17. The predicted octanol–water partition coefficient (Wildman–Crippen LogP) is 3.90. The van der Waals surface area contributed by atoms with Gasteiger partial charge in [0.2, 0.25) is 0 Å². The number of hydrogen-bond donors (Lipinski definition) is 1. The number of hydrogen-bond acceptors (Lipinski definition) is 5. The lowest BCUT2D eigenvalue weighted by Gasteiger charge is -2.24. The number of ketones is 1. The second-order valence-corrected chi connectivity index (χ2v) is 7.14. The fourth-order valence-electron chi connectivity index (χ4n) is 3.19. The monoisotopic (exact) mass is 371 g/mol. The maximum Gasteiger partial charge on any atom is 0.295 e. The van der Waals surface area contributed by atoms with Gasteiger partial charge in [-0.25, -0.2) is 0 Å². The topological polar surface area (TPSA) is 66.8 Å². The van der Waals surface area contributed by atoms with Gasteiger partial charge in [0.1, 0.15) is 11.5 Å². The number of aryl methyl sites for hydroxylation is 1. The zero-order valence-electron chi connectivity index (χ0n) is 15.0. The van der Waals surface area contributed by atoms with E-state index in [4.69, 9.17) is 4.74 Å². The summed E-state index contributed by atoms with van der Waals surface area (Å²) in [4.78, 5) is 27.8. The van der Waals surface area contributed by atoms with Crippen LogP contribution in [0.1, 0.15) is 35.4 Å². The molecule has 136 valence electrons. The number of aliphatic hydroxyl groups is 1. The van der Waals surface area contributed by atoms with Gasteiger partial charge in [-0.2, -0.15) is 0 Å². The standard InChI is InChI=1S/C20H21NO4S/c1-4-10-21-16(19-12(2)9-11-26-19)15(18(23)20(21)24)17(22)13-5-7-14(25-3)8-6-13/h5-9,11,16,22H,4,10H2,1-3H3/b17-15-. The van der Waals surface area contributed by atoms with E-state index in [1.165, 1.54) is 11.3 Å². The van der Waals surface area contributed by atoms with Crippen LogP contribution in [0.2, 0.25) is 0 Å². The van der Waals surface area contributed by atoms with Crippen LogP contribution in [0.15, 0.2) is 41.3 Å². The molecule has 1 unspecified atom stereocenters. The van der Waals surface area contributed by atoms with Gasteiger partial charge >= 0.3 is 0 Å². The van der Waals surface area contributed by atoms with Crippen LogP contribution in [0.3, 0.4) is 0 Å². The number of likely N-dealkylation sites (tertiary alicyclic amines) is 1. The maximum atomic E-state index is 12.7. The van der Waals surface area contributed by atoms with E-state index >= 15 is 0 Å². The van der Waals surface area contributed by atoms with Crippen molar-refractivity contribution in [3.8, 4) is 5.75 Å². The Kier molecular flexibility index (Phi) is 5.13. The zero-order chi connectivity index (χ0) is 18.8. The quantitative estimate of drug-likeness (QED) is 0.492. The summed E-state index contributed by atoms with van der Waals surface area (Å²) >= 11 is 1.49. The van der Waals surface area contributed by atoms with Crippen LogP contribution in [-0.4, -0.2) is 35.4 Å². The van der Waals surface area contributed by atoms with Gasteiger partial charge in [-0.15, -0.1) is 11.3 Å². The molecule has 1 amide bonds. The number of benzene rings is 1. The second-order valence-electron chi connectivity index (χ2n) is 6.19. The van der Waals surface area contributed by atoms with Crippen LogP contribution >= 0.6 is 11.3 Å². The van der Waals surface area contributed by atoms with Gasteiger partial charge in [0.05, 0.1) is 18.7 Å². The first-order valence-electron chi connectivity index (χ1n) is 8.46. The van der Waals surface area contributed by atoms with Crippen molar-refractivity contribution in [1.82, 2.24) is 4.90 Å². The number of Topliss-reactive ketones (excluding diaryl/α,β-unsaturated/α-hetero) is 1. The Morgan fingerprint density at radius 2 is 1.92 bits per heavy atom. The van der Waals surface area contributed by atoms with E-state index in [9.17, 15) is 14.7 Å². The number of amides is 1. The molecule has 0 spiro atoms. The number of carbonyl (C=O) groups excluding carboxylic acids is 2. The first-order chi connectivity index (χ1) is 12.5. The molecule has 1 aliphatic rings. The highest BCUT2D eigenvalue weighted by atomic mass is 32.1. The number of rotatable bonds is 5. The third-order valence-electron chi connectivity index (χ3n) is 4.52. The molecule has 2 heterocycles. The van der Waals surface area contributed by atoms with E-state index in [1.807, 2.05) is 25.3 Å². The zero-order valence-corrected chi connectivity index (χ0v) is 15.8. The van der Waals surface area contributed by atoms with Gasteiger partial charge in [0.15, 0.2) is 0 Å². The molecule has 1 N–H and O–H groups in total. The highest BCUT2D eigenvalue weighted by Gasteiger charge is 2.46. The normalized spacial score (nSPS) is 19.2. The first-order valence-corrected chi connectivity index (χ1v) is 9.34. The number of aliphatic hydroxyl groups excluding tert-OH is 1. The van der Waals surface area contributed by atoms with E-state index in [1.54, 1.807) is 36.3 Å². The van der Waals surface area contributed by atoms with Crippen LogP contribution in [0, 0.1) is 6.92 Å². The molecule has 1 aromatic heterocycles. The largest absolute Gasteiger partial charge is 0.507 e. The number of thiophene rings is 1. The van der Waals surface area contributed by atoms with E-state index in [0.29, 0.717) is 17.9 Å². The minimum absolute atomic E-state index is 0.151. The lowest BCUT2D eigenvalue weighted by molar-refractivity contribution is -0.139. The van der Waals surface area contributed by atoms with Crippen molar-refractivity contribution >= 4 is 28.8 Å². The average molecular weight is 371 g/mol. The van der Waals surface area contributed by atoms with Crippen molar-refractivity contribution in [3.63, 3.8) is 0 Å². The third-order valence-corrected chi connectivity index (χ3v) is 5.59. The molecule has 2 aromatic rings. The Hall–Kier alpha value is -2.60. The van der Waals surface area contributed by atoms with Gasteiger partial charge in [-0.05, 0) is 54.6 Å². The minimum Gasteiger partial charge on any atom is -0.507 e. The highest BCUT2D eigenvalue weighted by Crippen LogP contribution is 2.42. The van der Waals surface area contributed by atoms with Crippen LogP contribution in [-0.2, 0) is 9.59 Å². The van der Waals surface area contributed by atoms with Crippen LogP contribution in [0.25, 0.3) is 5.76 Å². The number of nitrogens with zero attached hydrogens (tertiary/aromatic N) is 1. The highest BCUT2D eigenvalue weighted by molar-refractivity contribution is 7.10. The fraction of sp³-hybridized carbons (Fsp3) is 0.300. The molecule has 1 fully saturated rings. The Bertz CT molecular complexity index is 866.